The Labute approximate surface area is 205 Å². The van der Waals surface area contributed by atoms with Gasteiger partial charge in [0.2, 0.25) is 5.95 Å². The van der Waals surface area contributed by atoms with Crippen LogP contribution < -0.4 is 9.64 Å². The second-order valence-electron chi connectivity index (χ2n) is 8.85. The number of hydrogen-bond donors (Lipinski definition) is 0. The van der Waals surface area contributed by atoms with Crippen LogP contribution in [-0.2, 0) is 6.42 Å². The first-order valence-corrected chi connectivity index (χ1v) is 11.9. The van der Waals surface area contributed by atoms with Crippen molar-refractivity contribution in [2.75, 3.05) is 12.0 Å². The van der Waals surface area contributed by atoms with E-state index in [0.29, 0.717) is 17.7 Å². The van der Waals surface area contributed by atoms with E-state index < -0.39 is 5.95 Å². The average Bonchev–Trinajstić information content (AvgIpc) is 2.90. The normalized spacial score (nSPS) is 17.0. The average molecular weight is 466 g/mol. The molecule has 0 saturated heterocycles. The van der Waals surface area contributed by atoms with E-state index in [4.69, 9.17) is 9.73 Å². The quantitative estimate of drug-likeness (QED) is 0.237. The number of halogens is 1. The second kappa shape index (κ2) is 9.71. The number of benzene rings is 3. The maximum absolute atomic E-state index is 15.0. The van der Waals surface area contributed by atoms with E-state index in [2.05, 4.69) is 35.9 Å². The van der Waals surface area contributed by atoms with Crippen molar-refractivity contribution in [2.24, 2.45) is 4.99 Å². The van der Waals surface area contributed by atoms with Gasteiger partial charge in [-0.2, -0.15) is 4.39 Å². The van der Waals surface area contributed by atoms with Crippen LogP contribution in [0.3, 0.4) is 0 Å². The lowest BCUT2D eigenvalue weighted by molar-refractivity contribution is 0.414. The molecule has 35 heavy (non-hydrogen) atoms. The van der Waals surface area contributed by atoms with Gasteiger partial charge < -0.3 is 9.64 Å². The highest BCUT2D eigenvalue weighted by molar-refractivity contribution is 6.14. The molecular weight excluding hydrogens is 437 g/mol. The predicted molar refractivity (Wildman–Crippen MR) is 139 cm³/mol. The molecule has 0 N–H and O–H groups in total. The monoisotopic (exact) mass is 465 g/mol. The van der Waals surface area contributed by atoms with Crippen LogP contribution in [0.4, 0.5) is 15.8 Å². The number of anilines is 1. The van der Waals surface area contributed by atoms with Gasteiger partial charge in [-0.05, 0) is 44.5 Å². The molecule has 2 atom stereocenters. The summed E-state index contributed by atoms with van der Waals surface area (Å²) in [5, 5.41) is 0. The number of nitrogens with zero attached hydrogens (tertiary/aromatic N) is 3. The third-order valence-corrected chi connectivity index (χ3v) is 6.66. The standard InChI is InChI=1S/C30H28FN3O/c1-20-18-26-28(21(2)34(20)24-14-16-25(35-3)17-15-24)27(19-32-30(26)31)33-29(22-10-6-4-7-11-22)23-12-8-5-9-13-23/h4-17,19-21H,18H2,1-3H3/t20-,21?/m0/s1. The highest BCUT2D eigenvalue weighted by Gasteiger charge is 2.34. The van der Waals surface area contributed by atoms with Crippen LogP contribution in [0, 0.1) is 5.95 Å². The number of pyridine rings is 1. The van der Waals surface area contributed by atoms with Crippen molar-refractivity contribution in [3.63, 3.8) is 0 Å². The van der Waals surface area contributed by atoms with E-state index in [9.17, 15) is 0 Å². The van der Waals surface area contributed by atoms with E-state index in [1.165, 1.54) is 0 Å². The first-order chi connectivity index (χ1) is 17.1. The molecule has 4 aromatic rings. The van der Waals surface area contributed by atoms with E-state index in [0.717, 1.165) is 33.8 Å². The van der Waals surface area contributed by atoms with Crippen LogP contribution in [0.5, 0.6) is 5.75 Å². The molecule has 2 heterocycles. The largest absolute Gasteiger partial charge is 0.497 e. The third-order valence-electron chi connectivity index (χ3n) is 6.66. The summed E-state index contributed by atoms with van der Waals surface area (Å²) in [5.41, 5.74) is 6.13. The number of hydrogen-bond acceptors (Lipinski definition) is 4. The summed E-state index contributed by atoms with van der Waals surface area (Å²) in [6.45, 7) is 4.24. The topological polar surface area (TPSA) is 37.7 Å². The van der Waals surface area contributed by atoms with Crippen LogP contribution in [0.15, 0.2) is 96.1 Å². The molecule has 5 heteroatoms. The Morgan fingerprint density at radius 2 is 1.51 bits per heavy atom. The van der Waals surface area contributed by atoms with Crippen LogP contribution in [0.2, 0.25) is 0 Å². The van der Waals surface area contributed by atoms with Crippen molar-refractivity contribution in [1.82, 2.24) is 4.98 Å². The fourth-order valence-corrected chi connectivity index (χ4v) is 5.04. The molecule has 3 aromatic carbocycles. The molecule has 1 unspecified atom stereocenters. The molecule has 0 bridgehead atoms. The zero-order chi connectivity index (χ0) is 24.4. The molecule has 0 amide bonds. The van der Waals surface area contributed by atoms with Crippen LogP contribution in [0.25, 0.3) is 0 Å². The highest BCUT2D eigenvalue weighted by Crippen LogP contribution is 2.42. The fourth-order valence-electron chi connectivity index (χ4n) is 5.04. The lowest BCUT2D eigenvalue weighted by Gasteiger charge is -2.42. The SMILES string of the molecule is COc1ccc(N2C(C)c3c(N=C(c4ccccc4)c4ccccc4)cnc(F)c3C[C@@H]2C)cc1. The molecule has 1 aliphatic rings. The first kappa shape index (κ1) is 22.8. The predicted octanol–water partition coefficient (Wildman–Crippen LogP) is 6.91. The van der Waals surface area contributed by atoms with Gasteiger partial charge in [-0.25, -0.2) is 9.98 Å². The van der Waals surface area contributed by atoms with Crippen molar-refractivity contribution < 1.29 is 9.13 Å². The Hall–Kier alpha value is -3.99. The Kier molecular flexibility index (Phi) is 6.32. The van der Waals surface area contributed by atoms with Crippen LogP contribution in [-0.4, -0.2) is 23.8 Å². The smallest absolute Gasteiger partial charge is 0.216 e. The van der Waals surface area contributed by atoms with Crippen molar-refractivity contribution in [3.05, 3.63) is 119 Å². The molecule has 4 nitrogen and oxygen atoms in total. The summed E-state index contributed by atoms with van der Waals surface area (Å²) >= 11 is 0. The molecule has 176 valence electrons. The Balaban J connectivity index is 1.66. The van der Waals surface area contributed by atoms with E-state index in [1.54, 1.807) is 13.3 Å². The minimum Gasteiger partial charge on any atom is -0.497 e. The summed E-state index contributed by atoms with van der Waals surface area (Å²) in [6, 6.07) is 28.2. The van der Waals surface area contributed by atoms with Gasteiger partial charge in [0.1, 0.15) is 5.75 Å². The Morgan fingerprint density at radius 1 is 0.914 bits per heavy atom. The molecule has 0 fully saturated rings. The fraction of sp³-hybridized carbons (Fsp3) is 0.200. The lowest BCUT2D eigenvalue weighted by Crippen LogP contribution is -2.41. The minimum absolute atomic E-state index is 0.0915. The number of ether oxygens (including phenoxy) is 1. The van der Waals surface area contributed by atoms with Crippen molar-refractivity contribution in [3.8, 4) is 5.75 Å². The second-order valence-corrected chi connectivity index (χ2v) is 8.85. The van der Waals surface area contributed by atoms with Gasteiger partial charge in [0.25, 0.3) is 0 Å². The van der Waals surface area contributed by atoms with Crippen LogP contribution in [0.1, 0.15) is 42.1 Å². The van der Waals surface area contributed by atoms with Gasteiger partial charge >= 0.3 is 0 Å². The molecule has 0 radical (unpaired) electrons. The number of aromatic nitrogens is 1. The number of fused-ring (bicyclic) bond motifs is 1. The van der Waals surface area contributed by atoms with E-state index in [1.807, 2.05) is 72.8 Å². The van der Waals surface area contributed by atoms with E-state index in [-0.39, 0.29) is 12.1 Å². The van der Waals surface area contributed by atoms with Gasteiger partial charge in [0, 0.05) is 34.0 Å². The third kappa shape index (κ3) is 4.42. The van der Waals surface area contributed by atoms with Gasteiger partial charge in [-0.1, -0.05) is 60.7 Å². The molecule has 5 rings (SSSR count). The Morgan fingerprint density at radius 3 is 2.09 bits per heavy atom. The van der Waals surface area contributed by atoms with Crippen molar-refractivity contribution >= 4 is 17.1 Å². The molecule has 1 aliphatic heterocycles. The lowest BCUT2D eigenvalue weighted by atomic mass is 9.88. The minimum atomic E-state index is -0.409. The van der Waals surface area contributed by atoms with Gasteiger partial charge in [-0.15, -0.1) is 0 Å². The highest BCUT2D eigenvalue weighted by atomic mass is 19.1. The number of methoxy groups -OCH3 is 1. The van der Waals surface area contributed by atoms with Gasteiger partial charge in [-0.3, -0.25) is 0 Å². The number of aliphatic imine (C=N–C) groups is 1. The maximum atomic E-state index is 15.0. The summed E-state index contributed by atoms with van der Waals surface area (Å²) in [4.78, 5) is 11.6. The van der Waals surface area contributed by atoms with Crippen molar-refractivity contribution in [1.29, 1.82) is 0 Å². The van der Waals surface area contributed by atoms with E-state index >= 15 is 4.39 Å². The molecule has 1 aromatic heterocycles. The summed E-state index contributed by atoms with van der Waals surface area (Å²) in [7, 11) is 1.66. The van der Waals surface area contributed by atoms with Gasteiger partial charge in [0.15, 0.2) is 0 Å². The summed E-state index contributed by atoms with van der Waals surface area (Å²) in [6.07, 6.45) is 2.12. The zero-order valence-electron chi connectivity index (χ0n) is 20.1. The molecule has 0 aliphatic carbocycles. The molecule has 0 saturated carbocycles. The summed E-state index contributed by atoms with van der Waals surface area (Å²) < 4.78 is 20.3. The number of rotatable bonds is 5. The van der Waals surface area contributed by atoms with Gasteiger partial charge in [0.05, 0.1) is 30.7 Å². The molecule has 0 spiro atoms. The maximum Gasteiger partial charge on any atom is 0.216 e. The Bertz CT molecular complexity index is 1300. The van der Waals surface area contributed by atoms with Crippen LogP contribution >= 0.6 is 0 Å². The first-order valence-electron chi connectivity index (χ1n) is 11.9. The van der Waals surface area contributed by atoms with Crippen molar-refractivity contribution in [2.45, 2.75) is 32.4 Å². The summed E-state index contributed by atoms with van der Waals surface area (Å²) in [5.74, 6) is 0.398. The zero-order valence-corrected chi connectivity index (χ0v) is 20.1. The molecular formula is C30H28FN3O.